The van der Waals surface area contributed by atoms with Gasteiger partial charge in [0.2, 0.25) is 0 Å². The summed E-state index contributed by atoms with van der Waals surface area (Å²) in [7, 11) is 0. The van der Waals surface area contributed by atoms with Gasteiger partial charge in [-0.15, -0.1) is 11.3 Å². The Morgan fingerprint density at radius 1 is 1.00 bits per heavy atom. The number of amides is 2. The van der Waals surface area contributed by atoms with Crippen LogP contribution in [0.15, 0.2) is 60.0 Å². The van der Waals surface area contributed by atoms with Gasteiger partial charge in [0.05, 0.1) is 16.1 Å². The van der Waals surface area contributed by atoms with Gasteiger partial charge in [-0.1, -0.05) is 48.4 Å². The number of thiophene rings is 1. The predicted molar refractivity (Wildman–Crippen MR) is 140 cm³/mol. The Labute approximate surface area is 210 Å². The molecule has 0 saturated carbocycles. The van der Waals surface area contributed by atoms with Gasteiger partial charge in [0.1, 0.15) is 0 Å². The number of carbonyl (C=O) groups is 2. The van der Waals surface area contributed by atoms with Crippen molar-refractivity contribution in [1.29, 1.82) is 0 Å². The predicted octanol–water partition coefficient (Wildman–Crippen LogP) is 6.30. The summed E-state index contributed by atoms with van der Waals surface area (Å²) < 4.78 is 0. The second-order valence-corrected chi connectivity index (χ2v) is 10.6. The van der Waals surface area contributed by atoms with E-state index in [-0.39, 0.29) is 11.8 Å². The van der Waals surface area contributed by atoms with E-state index in [1.807, 2.05) is 62.4 Å². The number of rotatable bonds is 7. The lowest BCUT2D eigenvalue weighted by molar-refractivity contribution is 0.0915. The van der Waals surface area contributed by atoms with Crippen molar-refractivity contribution in [3.8, 4) is 0 Å². The lowest BCUT2D eigenvalue weighted by Crippen LogP contribution is -2.40. The fourth-order valence-electron chi connectivity index (χ4n) is 4.24. The van der Waals surface area contributed by atoms with E-state index in [0.29, 0.717) is 21.2 Å². The number of hydrogen-bond donors (Lipinski definition) is 2. The normalized spacial score (nSPS) is 14.6. The highest BCUT2D eigenvalue weighted by atomic mass is 35.5. The number of benzene rings is 2. The quantitative estimate of drug-likeness (QED) is 0.404. The minimum atomic E-state index is -0.640. The highest BCUT2D eigenvalue weighted by Gasteiger charge is 2.26. The number of carbonyl (C=O) groups excluding carboxylic acids is 2. The molecular formula is C27H30ClN3O2S. The highest BCUT2D eigenvalue weighted by Crippen LogP contribution is 2.29. The van der Waals surface area contributed by atoms with Crippen LogP contribution in [0.25, 0.3) is 0 Å². The van der Waals surface area contributed by atoms with Crippen molar-refractivity contribution < 1.29 is 9.59 Å². The van der Waals surface area contributed by atoms with Crippen LogP contribution in [0.2, 0.25) is 5.02 Å². The Morgan fingerprint density at radius 3 is 2.41 bits per heavy atom. The molecule has 7 heteroatoms. The van der Waals surface area contributed by atoms with Crippen LogP contribution in [-0.4, -0.2) is 29.8 Å². The Bertz CT molecular complexity index is 1150. The number of nitrogens with zero attached hydrogens (tertiary/aromatic N) is 1. The van der Waals surface area contributed by atoms with E-state index in [4.69, 9.17) is 11.6 Å². The van der Waals surface area contributed by atoms with Crippen molar-refractivity contribution in [2.45, 2.75) is 45.2 Å². The number of likely N-dealkylation sites (tertiary alicyclic amines) is 1. The molecule has 178 valence electrons. The van der Waals surface area contributed by atoms with Crippen LogP contribution >= 0.6 is 22.9 Å². The summed E-state index contributed by atoms with van der Waals surface area (Å²) in [6.07, 6.45) is 3.85. The van der Waals surface area contributed by atoms with Crippen molar-refractivity contribution in [3.05, 3.63) is 86.6 Å². The molecule has 3 aromatic rings. The maximum atomic E-state index is 12.9. The minimum absolute atomic E-state index is 0.189. The molecule has 2 amide bonds. The SMILES string of the molecule is CC(C)(NC(=O)c1cc(NC(=O)c2ccc(CN3CCCCC3)cc2)cs1)c1ccccc1Cl. The molecular weight excluding hydrogens is 466 g/mol. The van der Waals surface area contributed by atoms with Crippen molar-refractivity contribution in [2.75, 3.05) is 18.4 Å². The molecule has 2 aromatic carbocycles. The van der Waals surface area contributed by atoms with E-state index < -0.39 is 5.54 Å². The molecule has 0 radical (unpaired) electrons. The van der Waals surface area contributed by atoms with E-state index in [1.54, 1.807) is 11.4 Å². The molecule has 5 nitrogen and oxygen atoms in total. The zero-order valence-corrected chi connectivity index (χ0v) is 21.1. The van der Waals surface area contributed by atoms with Gasteiger partial charge in [0.25, 0.3) is 11.8 Å². The monoisotopic (exact) mass is 495 g/mol. The Balaban J connectivity index is 1.35. The first kappa shape index (κ1) is 24.5. The summed E-state index contributed by atoms with van der Waals surface area (Å²) in [5.74, 6) is -0.400. The Kier molecular flexibility index (Phi) is 7.71. The molecule has 1 saturated heterocycles. The lowest BCUT2D eigenvalue weighted by Gasteiger charge is -2.27. The maximum Gasteiger partial charge on any atom is 0.262 e. The van der Waals surface area contributed by atoms with Crippen LogP contribution in [-0.2, 0) is 12.1 Å². The summed E-state index contributed by atoms with van der Waals surface area (Å²) in [4.78, 5) is 28.6. The molecule has 0 aliphatic carbocycles. The van der Waals surface area contributed by atoms with E-state index in [2.05, 4.69) is 15.5 Å². The smallest absolute Gasteiger partial charge is 0.262 e. The zero-order chi connectivity index (χ0) is 24.1. The first-order valence-electron chi connectivity index (χ1n) is 11.6. The van der Waals surface area contributed by atoms with Gasteiger partial charge in [-0.05, 0) is 75.2 Å². The summed E-state index contributed by atoms with van der Waals surface area (Å²) >= 11 is 7.61. The van der Waals surface area contributed by atoms with Gasteiger partial charge >= 0.3 is 0 Å². The zero-order valence-electron chi connectivity index (χ0n) is 19.6. The molecule has 0 spiro atoms. The summed E-state index contributed by atoms with van der Waals surface area (Å²) in [6.45, 7) is 7.04. The van der Waals surface area contributed by atoms with Crippen LogP contribution < -0.4 is 10.6 Å². The Hall–Kier alpha value is -2.67. The van der Waals surface area contributed by atoms with Gasteiger partial charge < -0.3 is 10.6 Å². The molecule has 1 aliphatic heterocycles. The van der Waals surface area contributed by atoms with E-state index >= 15 is 0 Å². The average Bonchev–Trinajstić information content (AvgIpc) is 3.29. The molecule has 0 bridgehead atoms. The van der Waals surface area contributed by atoms with E-state index in [0.717, 1.165) is 25.2 Å². The first-order chi connectivity index (χ1) is 16.3. The van der Waals surface area contributed by atoms with Crippen molar-refractivity contribution >= 4 is 40.4 Å². The lowest BCUT2D eigenvalue weighted by atomic mass is 9.94. The summed E-state index contributed by atoms with van der Waals surface area (Å²) in [5.41, 5.74) is 2.62. The molecule has 4 rings (SSSR count). The van der Waals surface area contributed by atoms with E-state index in [1.165, 1.54) is 36.2 Å². The fourth-order valence-corrected chi connectivity index (χ4v) is 5.35. The van der Waals surface area contributed by atoms with Crippen molar-refractivity contribution in [2.24, 2.45) is 0 Å². The molecule has 1 aromatic heterocycles. The first-order valence-corrected chi connectivity index (χ1v) is 12.9. The van der Waals surface area contributed by atoms with Crippen LogP contribution in [0.4, 0.5) is 5.69 Å². The van der Waals surface area contributed by atoms with Gasteiger partial charge in [-0.3, -0.25) is 14.5 Å². The van der Waals surface area contributed by atoms with E-state index in [9.17, 15) is 9.59 Å². The van der Waals surface area contributed by atoms with Gasteiger partial charge in [-0.25, -0.2) is 0 Å². The van der Waals surface area contributed by atoms with Gasteiger partial charge in [-0.2, -0.15) is 0 Å². The fraction of sp³-hybridized carbons (Fsp3) is 0.333. The molecule has 2 heterocycles. The largest absolute Gasteiger partial charge is 0.342 e. The highest BCUT2D eigenvalue weighted by molar-refractivity contribution is 7.12. The Morgan fingerprint density at radius 2 is 1.71 bits per heavy atom. The van der Waals surface area contributed by atoms with Crippen LogP contribution in [0.1, 0.15) is 64.3 Å². The second kappa shape index (κ2) is 10.7. The van der Waals surface area contributed by atoms with Crippen LogP contribution in [0.5, 0.6) is 0 Å². The van der Waals surface area contributed by atoms with Crippen LogP contribution in [0, 0.1) is 0 Å². The third kappa shape index (κ3) is 6.06. The average molecular weight is 496 g/mol. The third-order valence-electron chi connectivity index (χ3n) is 6.13. The number of piperidine rings is 1. The topological polar surface area (TPSA) is 61.4 Å². The molecule has 0 atom stereocenters. The van der Waals surface area contributed by atoms with Gasteiger partial charge in [0.15, 0.2) is 0 Å². The van der Waals surface area contributed by atoms with Crippen molar-refractivity contribution in [3.63, 3.8) is 0 Å². The molecule has 2 N–H and O–H groups in total. The molecule has 0 unspecified atom stereocenters. The second-order valence-electron chi connectivity index (χ2n) is 9.25. The summed E-state index contributed by atoms with van der Waals surface area (Å²) in [5, 5.41) is 8.32. The van der Waals surface area contributed by atoms with Crippen molar-refractivity contribution in [1.82, 2.24) is 10.2 Å². The number of hydrogen-bond acceptors (Lipinski definition) is 4. The number of halogens is 1. The van der Waals surface area contributed by atoms with Gasteiger partial charge in [0, 0.05) is 22.5 Å². The summed E-state index contributed by atoms with van der Waals surface area (Å²) in [6, 6.07) is 16.9. The maximum absolute atomic E-state index is 12.9. The third-order valence-corrected chi connectivity index (χ3v) is 7.38. The number of anilines is 1. The molecule has 34 heavy (non-hydrogen) atoms. The molecule has 1 fully saturated rings. The molecule has 1 aliphatic rings. The standard InChI is InChI=1S/C27H30ClN3O2S/c1-27(2,22-8-4-5-9-23(22)28)30-26(33)24-16-21(18-34-24)29-25(32)20-12-10-19(11-13-20)17-31-14-6-3-7-15-31/h4-5,8-13,16,18H,3,6-7,14-15,17H2,1-2H3,(H,29,32)(H,30,33). The number of nitrogens with one attached hydrogen (secondary N) is 2. The minimum Gasteiger partial charge on any atom is -0.342 e. The van der Waals surface area contributed by atoms with Crippen LogP contribution in [0.3, 0.4) is 0 Å².